The SMILES string of the molecule is CCCCCCCCCCCC[N+](CCO)(CCO)CCCC[N+](CCO)(CCO)CCCCCCCCCCCC.[Br-].[Br-]. The van der Waals surface area contributed by atoms with Gasteiger partial charge >= 0.3 is 0 Å². The highest BCUT2D eigenvalue weighted by molar-refractivity contribution is 4.54. The first kappa shape index (κ1) is 49.1. The van der Waals surface area contributed by atoms with E-state index in [1.165, 1.54) is 128 Å². The van der Waals surface area contributed by atoms with E-state index in [4.69, 9.17) is 0 Å². The van der Waals surface area contributed by atoms with Crippen molar-refractivity contribution in [3.63, 3.8) is 0 Å². The first-order valence-electron chi connectivity index (χ1n) is 18.7. The second-order valence-corrected chi connectivity index (χ2v) is 13.4. The molecule has 4 N–H and O–H groups in total. The molecule has 0 unspecified atom stereocenters. The second-order valence-electron chi connectivity index (χ2n) is 13.4. The van der Waals surface area contributed by atoms with Gasteiger partial charge in [0, 0.05) is 12.8 Å². The highest BCUT2D eigenvalue weighted by atomic mass is 79.9. The Morgan fingerprint density at radius 3 is 0.659 bits per heavy atom. The summed E-state index contributed by atoms with van der Waals surface area (Å²) in [5.74, 6) is 0. The minimum absolute atomic E-state index is 0. The molecule has 0 aliphatic carbocycles. The summed E-state index contributed by atoms with van der Waals surface area (Å²) < 4.78 is 1.64. The number of hydrogen-bond acceptors (Lipinski definition) is 4. The molecule has 0 atom stereocenters. The molecule has 0 aliphatic heterocycles. The van der Waals surface area contributed by atoms with Crippen molar-refractivity contribution in [2.75, 3.05) is 78.8 Å². The van der Waals surface area contributed by atoms with Crippen molar-refractivity contribution in [3.8, 4) is 0 Å². The van der Waals surface area contributed by atoms with Gasteiger partial charge in [-0.05, 0) is 25.7 Å². The molecule has 8 heteroatoms. The number of nitrogens with zero attached hydrogens (tertiary/aromatic N) is 2. The summed E-state index contributed by atoms with van der Waals surface area (Å²) in [4.78, 5) is 0. The van der Waals surface area contributed by atoms with Crippen LogP contribution in [0.1, 0.15) is 155 Å². The quantitative estimate of drug-likeness (QED) is 0.0580. The minimum Gasteiger partial charge on any atom is -1.00 e. The number of unbranched alkanes of at least 4 members (excludes halogenated alkanes) is 19. The zero-order valence-corrected chi connectivity index (χ0v) is 32.7. The van der Waals surface area contributed by atoms with E-state index in [9.17, 15) is 20.4 Å². The molecule has 0 saturated heterocycles. The van der Waals surface area contributed by atoms with Crippen LogP contribution in [-0.4, -0.2) is 108 Å². The first-order valence-corrected chi connectivity index (χ1v) is 18.7. The molecule has 0 aromatic rings. The van der Waals surface area contributed by atoms with Gasteiger partial charge in [0.2, 0.25) is 0 Å². The van der Waals surface area contributed by atoms with Gasteiger partial charge in [-0.15, -0.1) is 0 Å². The van der Waals surface area contributed by atoms with Crippen LogP contribution < -0.4 is 34.0 Å². The Hall–Kier alpha value is 0.720. The third kappa shape index (κ3) is 27.8. The molecule has 6 nitrogen and oxygen atoms in total. The molecule has 0 rings (SSSR count). The van der Waals surface area contributed by atoms with Crippen LogP contribution in [0.3, 0.4) is 0 Å². The molecule has 44 heavy (non-hydrogen) atoms. The molecular weight excluding hydrogens is 684 g/mol. The minimum atomic E-state index is 0. The van der Waals surface area contributed by atoms with Crippen molar-refractivity contribution in [3.05, 3.63) is 0 Å². The van der Waals surface area contributed by atoms with Crippen molar-refractivity contribution in [1.29, 1.82) is 0 Å². The van der Waals surface area contributed by atoms with Crippen LogP contribution in [0.5, 0.6) is 0 Å². The molecule has 0 fully saturated rings. The molecule has 270 valence electrons. The van der Waals surface area contributed by atoms with Gasteiger partial charge in [-0.1, -0.05) is 117 Å². The number of rotatable bonds is 35. The topological polar surface area (TPSA) is 80.9 Å². The van der Waals surface area contributed by atoms with E-state index in [1.807, 2.05) is 0 Å². The van der Waals surface area contributed by atoms with Gasteiger partial charge < -0.3 is 63.4 Å². The predicted molar refractivity (Wildman–Crippen MR) is 181 cm³/mol. The van der Waals surface area contributed by atoms with Gasteiger partial charge in [-0.25, -0.2) is 0 Å². The lowest BCUT2D eigenvalue weighted by Gasteiger charge is -2.40. The van der Waals surface area contributed by atoms with Crippen molar-refractivity contribution in [2.24, 2.45) is 0 Å². The van der Waals surface area contributed by atoms with Crippen molar-refractivity contribution in [2.45, 2.75) is 155 Å². The Kier molecular flexibility index (Phi) is 40.8. The molecule has 0 radical (unpaired) electrons. The fourth-order valence-electron chi connectivity index (χ4n) is 6.95. The van der Waals surface area contributed by atoms with E-state index < -0.39 is 0 Å². The lowest BCUT2D eigenvalue weighted by atomic mass is 10.1. The van der Waals surface area contributed by atoms with E-state index in [2.05, 4.69) is 13.8 Å². The zero-order valence-electron chi connectivity index (χ0n) is 29.5. The lowest BCUT2D eigenvalue weighted by Crippen LogP contribution is -3.00. The van der Waals surface area contributed by atoms with Gasteiger partial charge in [-0.2, -0.15) is 0 Å². The molecule has 0 saturated carbocycles. The van der Waals surface area contributed by atoms with Crippen LogP contribution >= 0.6 is 0 Å². The number of halogens is 2. The summed E-state index contributed by atoms with van der Waals surface area (Å²) in [7, 11) is 0. The van der Waals surface area contributed by atoms with Crippen molar-refractivity contribution < 1.29 is 63.4 Å². The Labute approximate surface area is 296 Å². The maximum atomic E-state index is 9.88. The van der Waals surface area contributed by atoms with Gasteiger partial charge in [0.1, 0.15) is 26.2 Å². The fourth-order valence-corrected chi connectivity index (χ4v) is 6.95. The van der Waals surface area contributed by atoms with E-state index in [1.54, 1.807) is 0 Å². The van der Waals surface area contributed by atoms with Crippen LogP contribution in [-0.2, 0) is 0 Å². The van der Waals surface area contributed by atoms with Crippen LogP contribution in [0.15, 0.2) is 0 Å². The number of aliphatic hydroxyl groups excluding tert-OH is 4. The van der Waals surface area contributed by atoms with Crippen LogP contribution in [0.4, 0.5) is 0 Å². The first-order chi connectivity index (χ1) is 20.6. The molecule has 0 spiro atoms. The van der Waals surface area contributed by atoms with Crippen LogP contribution in [0, 0.1) is 0 Å². The summed E-state index contributed by atoms with van der Waals surface area (Å²) in [5, 5.41) is 39.5. The van der Waals surface area contributed by atoms with Crippen molar-refractivity contribution in [1.82, 2.24) is 0 Å². The second kappa shape index (κ2) is 36.6. The standard InChI is InChI=1S/C36H78N2O4.2BrH/c1-3-5-7-9-11-13-15-17-19-21-25-37(29-33-39,30-34-40)27-23-24-28-38(31-35-41,32-36-42)26-22-20-18-16-14-12-10-8-6-4-2;;/h39-42H,3-36H2,1-2H3;2*1H/q+2;;/p-2. The Morgan fingerprint density at radius 1 is 0.273 bits per heavy atom. The maximum absolute atomic E-state index is 9.88. The zero-order chi connectivity index (χ0) is 31.0. The Balaban J connectivity index is -0.00000840. The Bertz CT molecular complexity index is 488. The van der Waals surface area contributed by atoms with Crippen molar-refractivity contribution >= 4 is 0 Å². The molecule has 0 aromatic carbocycles. The van der Waals surface area contributed by atoms with E-state index in [0.29, 0.717) is 0 Å². The van der Waals surface area contributed by atoms with Crippen LogP contribution in [0.25, 0.3) is 0 Å². The average Bonchev–Trinajstić information content (AvgIpc) is 2.98. The molecule has 0 heterocycles. The average molecular weight is 763 g/mol. The molecule has 0 amide bonds. The van der Waals surface area contributed by atoms with E-state index in [0.717, 1.165) is 74.2 Å². The maximum Gasteiger partial charge on any atom is 0.102 e. The molecule has 0 bridgehead atoms. The van der Waals surface area contributed by atoms with Gasteiger partial charge in [0.15, 0.2) is 0 Å². The fraction of sp³-hybridized carbons (Fsp3) is 1.00. The van der Waals surface area contributed by atoms with Crippen LogP contribution in [0.2, 0.25) is 0 Å². The number of quaternary nitrogens is 2. The third-order valence-electron chi connectivity index (χ3n) is 9.78. The van der Waals surface area contributed by atoms with E-state index >= 15 is 0 Å². The summed E-state index contributed by atoms with van der Waals surface area (Å²) in [6, 6.07) is 0. The summed E-state index contributed by atoms with van der Waals surface area (Å²) in [5.41, 5.74) is 0. The lowest BCUT2D eigenvalue weighted by molar-refractivity contribution is -0.935. The number of aliphatic hydroxyl groups is 4. The Morgan fingerprint density at radius 2 is 0.455 bits per heavy atom. The molecular formula is C36H78Br2N2O4. The molecule has 0 aliphatic rings. The van der Waals surface area contributed by atoms with Gasteiger partial charge in [-0.3, -0.25) is 0 Å². The van der Waals surface area contributed by atoms with Gasteiger partial charge in [0.25, 0.3) is 0 Å². The summed E-state index contributed by atoms with van der Waals surface area (Å²) >= 11 is 0. The summed E-state index contributed by atoms with van der Waals surface area (Å²) in [6.07, 6.45) is 28.6. The number of hydrogen-bond donors (Lipinski definition) is 4. The highest BCUT2D eigenvalue weighted by Gasteiger charge is 2.28. The normalized spacial score (nSPS) is 11.9. The van der Waals surface area contributed by atoms with Gasteiger partial charge in [0.05, 0.1) is 52.6 Å². The predicted octanol–water partition coefficient (Wildman–Crippen LogP) is 1.22. The monoisotopic (exact) mass is 760 g/mol. The molecule has 0 aromatic heterocycles. The van der Waals surface area contributed by atoms with E-state index in [-0.39, 0.29) is 60.4 Å². The third-order valence-corrected chi connectivity index (χ3v) is 9.78. The largest absolute Gasteiger partial charge is 1.00 e. The summed E-state index contributed by atoms with van der Waals surface area (Å²) in [6.45, 7) is 12.2. The smallest absolute Gasteiger partial charge is 0.102 e. The highest BCUT2D eigenvalue weighted by Crippen LogP contribution is 2.18.